The molecule has 0 aliphatic carbocycles. The number of anilines is 1. The molecule has 0 bridgehead atoms. The Labute approximate surface area is 220 Å². The zero-order valence-electron chi connectivity index (χ0n) is 19.5. The quantitative estimate of drug-likeness (QED) is 0.118. The van der Waals surface area contributed by atoms with Crippen LogP contribution in [0.2, 0.25) is 0 Å². The van der Waals surface area contributed by atoms with Gasteiger partial charge in [-0.15, -0.1) is 0 Å². The van der Waals surface area contributed by atoms with Gasteiger partial charge in [0.1, 0.15) is 36.6 Å². The maximum atomic E-state index is 12.3. The van der Waals surface area contributed by atoms with Crippen molar-refractivity contribution < 1.29 is 77.2 Å². The van der Waals surface area contributed by atoms with Gasteiger partial charge in [0.15, 0.2) is 29.8 Å². The smallest absolute Gasteiger partial charge is 0.479 e. The number of hydrogen-bond acceptors (Lipinski definition) is 17. The van der Waals surface area contributed by atoms with Gasteiger partial charge < -0.3 is 55.6 Å². The summed E-state index contributed by atoms with van der Waals surface area (Å²) in [7, 11) is -11.3. The lowest BCUT2D eigenvalue weighted by atomic mass is 9.99. The summed E-state index contributed by atoms with van der Waals surface area (Å²) in [6.45, 7) is -1.04. The van der Waals surface area contributed by atoms with E-state index in [2.05, 4.69) is 33.0 Å². The molecule has 2 fully saturated rings. The molecule has 11 N–H and O–H groups in total. The second-order valence-electron chi connectivity index (χ2n) is 8.48. The largest absolute Gasteiger partial charge is 0.483 e. The molecule has 0 spiro atoms. The van der Waals surface area contributed by atoms with Gasteiger partial charge in [-0.2, -0.15) is 9.29 Å². The molecule has 2 unspecified atom stereocenters. The summed E-state index contributed by atoms with van der Waals surface area (Å²) in [4.78, 5) is 52.7. The number of carboxylic acids is 1. The number of carboxylic acid groups (broad SMARTS) is 1. The SMILES string of the molecule is Nc1nc2c(ncn2[C@@H]2O[C@H](COP(=O)(O)OP(=O)(O)O[C@H]3O[C@H](C(=O)O)[C@@H](O)[C@H](O)[C@@H]3O)[C@@H](O)[C@H]2O)c(=O)[nH]1. The number of rotatable bonds is 9. The summed E-state index contributed by atoms with van der Waals surface area (Å²) in [5.74, 6) is -2.14. The first-order chi connectivity index (χ1) is 18.5. The normalized spacial score (nSPS) is 35.8. The number of H-pyrrole nitrogens is 1. The maximum absolute atomic E-state index is 12.3. The number of phosphoric ester groups is 2. The summed E-state index contributed by atoms with van der Waals surface area (Å²) in [6.07, 6.45) is -16.8. The summed E-state index contributed by atoms with van der Waals surface area (Å²) in [5.41, 5.74) is 4.48. The summed E-state index contributed by atoms with van der Waals surface area (Å²) in [5, 5.41) is 59.0. The van der Waals surface area contributed by atoms with E-state index < -0.39 is 89.0 Å². The molecule has 2 saturated heterocycles. The average Bonchev–Trinajstić information content (AvgIpc) is 3.38. The lowest BCUT2D eigenvalue weighted by Gasteiger charge is -2.38. The highest BCUT2D eigenvalue weighted by Gasteiger charge is 2.51. The van der Waals surface area contributed by atoms with Crippen LogP contribution in [-0.4, -0.2) is 122 Å². The van der Waals surface area contributed by atoms with Crippen LogP contribution in [0.3, 0.4) is 0 Å². The summed E-state index contributed by atoms with van der Waals surface area (Å²) in [6, 6.07) is 0. The van der Waals surface area contributed by atoms with Gasteiger partial charge >= 0.3 is 21.6 Å². The first-order valence-electron chi connectivity index (χ1n) is 10.9. The molecule has 4 rings (SSSR count). The Morgan fingerprint density at radius 1 is 1.05 bits per heavy atom. The van der Waals surface area contributed by atoms with Gasteiger partial charge in [0, 0.05) is 0 Å². The Balaban J connectivity index is 1.40. The molecule has 0 saturated carbocycles. The third-order valence-electron chi connectivity index (χ3n) is 5.72. The fourth-order valence-corrected chi connectivity index (χ4v) is 6.00. The minimum absolute atomic E-state index is 0.136. The van der Waals surface area contributed by atoms with E-state index >= 15 is 0 Å². The van der Waals surface area contributed by atoms with Crippen molar-refractivity contribution in [2.45, 2.75) is 55.2 Å². The van der Waals surface area contributed by atoms with E-state index in [1.54, 1.807) is 0 Å². The third-order valence-corrected chi connectivity index (χ3v) is 8.32. The standard InChI is InChI=1S/C16H23N5O17P2/c17-16-19-11-4(12(27)20-16)18-2-21(11)13-8(25)5(22)3(35-13)1-34-39(30,31)38-40(32,33)37-15-9(26)6(23)7(24)10(36-15)14(28)29/h2-3,5-10,13,15,22-26H,1H2,(H,28,29)(H,30,31)(H,32,33)(H3,17,19,20,27)/t3-,5-,6+,7+,8-,9+,10+,13-,15-/m1/s1. The number of nitrogens with zero attached hydrogens (tertiary/aromatic N) is 3. The fraction of sp³-hybridized carbons (Fsp3) is 0.625. The number of nitrogen functional groups attached to an aromatic ring is 1. The number of nitrogens with one attached hydrogen (secondary N) is 1. The zero-order chi connectivity index (χ0) is 29.7. The van der Waals surface area contributed by atoms with Crippen molar-refractivity contribution in [1.29, 1.82) is 0 Å². The van der Waals surface area contributed by atoms with Gasteiger partial charge in [0.2, 0.25) is 5.95 Å². The van der Waals surface area contributed by atoms with Gasteiger partial charge in [0.05, 0.1) is 12.9 Å². The highest BCUT2D eigenvalue weighted by Crippen LogP contribution is 2.61. The van der Waals surface area contributed by atoms with Crippen LogP contribution in [0.4, 0.5) is 5.95 Å². The number of hydrogen-bond donors (Lipinski definition) is 10. The zero-order valence-corrected chi connectivity index (χ0v) is 21.3. The van der Waals surface area contributed by atoms with Gasteiger partial charge in [-0.25, -0.2) is 18.9 Å². The van der Waals surface area contributed by atoms with Crippen molar-refractivity contribution >= 4 is 38.7 Å². The van der Waals surface area contributed by atoms with Crippen LogP contribution in [0.25, 0.3) is 11.2 Å². The molecular formula is C16H23N5O17P2. The van der Waals surface area contributed by atoms with Crippen molar-refractivity contribution in [3.63, 3.8) is 0 Å². The number of aromatic amines is 1. The van der Waals surface area contributed by atoms with Crippen LogP contribution in [0.5, 0.6) is 0 Å². The second kappa shape index (κ2) is 11.1. The minimum Gasteiger partial charge on any atom is -0.479 e. The number of fused-ring (bicyclic) bond motifs is 1. The molecule has 2 aliphatic heterocycles. The van der Waals surface area contributed by atoms with Crippen LogP contribution < -0.4 is 11.3 Å². The Kier molecular flexibility index (Phi) is 8.49. The predicted molar refractivity (Wildman–Crippen MR) is 121 cm³/mol. The fourth-order valence-electron chi connectivity index (χ4n) is 3.84. The molecule has 2 aromatic heterocycles. The van der Waals surface area contributed by atoms with Gasteiger partial charge in [0.25, 0.3) is 5.56 Å². The Hall–Kier alpha value is -2.40. The summed E-state index contributed by atoms with van der Waals surface area (Å²) >= 11 is 0. The van der Waals surface area contributed by atoms with E-state index in [0.717, 1.165) is 10.9 Å². The number of imidazole rings is 1. The lowest BCUT2D eigenvalue weighted by Crippen LogP contribution is -2.60. The molecule has 224 valence electrons. The third kappa shape index (κ3) is 6.10. The average molecular weight is 619 g/mol. The number of phosphoric acid groups is 2. The van der Waals surface area contributed by atoms with Crippen molar-refractivity contribution in [3.05, 3.63) is 16.7 Å². The van der Waals surface area contributed by atoms with Crippen molar-refractivity contribution in [3.8, 4) is 0 Å². The highest BCUT2D eigenvalue weighted by atomic mass is 31.3. The minimum atomic E-state index is -5.73. The Bertz CT molecular complexity index is 1420. The maximum Gasteiger partial charge on any atom is 0.483 e. The van der Waals surface area contributed by atoms with Crippen LogP contribution in [-0.2, 0) is 36.8 Å². The van der Waals surface area contributed by atoms with Crippen LogP contribution in [0, 0.1) is 0 Å². The van der Waals surface area contributed by atoms with Crippen molar-refractivity contribution in [1.82, 2.24) is 19.5 Å². The van der Waals surface area contributed by atoms with Gasteiger partial charge in [-0.3, -0.25) is 23.4 Å². The number of aliphatic carboxylic acids is 1. The van der Waals surface area contributed by atoms with Crippen LogP contribution >= 0.6 is 15.6 Å². The molecule has 4 heterocycles. The lowest BCUT2D eigenvalue weighted by molar-refractivity contribution is -0.274. The first-order valence-corrected chi connectivity index (χ1v) is 13.9. The summed E-state index contributed by atoms with van der Waals surface area (Å²) < 4.78 is 48.6. The predicted octanol–water partition coefficient (Wildman–Crippen LogP) is -4.54. The van der Waals surface area contributed by atoms with E-state index in [4.69, 9.17) is 15.6 Å². The second-order valence-corrected chi connectivity index (χ2v) is 11.5. The molecule has 0 amide bonds. The molecule has 22 nitrogen and oxygen atoms in total. The monoisotopic (exact) mass is 619 g/mol. The van der Waals surface area contributed by atoms with Gasteiger partial charge in [-0.05, 0) is 0 Å². The van der Waals surface area contributed by atoms with Crippen LogP contribution in [0.1, 0.15) is 6.23 Å². The Morgan fingerprint density at radius 2 is 1.73 bits per heavy atom. The van der Waals surface area contributed by atoms with E-state index in [0.29, 0.717) is 0 Å². The van der Waals surface area contributed by atoms with Gasteiger partial charge in [-0.1, -0.05) is 0 Å². The molecule has 2 aliphatic rings. The van der Waals surface area contributed by atoms with E-state index in [-0.39, 0.29) is 17.1 Å². The van der Waals surface area contributed by atoms with Crippen molar-refractivity contribution in [2.24, 2.45) is 0 Å². The van der Waals surface area contributed by atoms with Crippen molar-refractivity contribution in [2.75, 3.05) is 12.3 Å². The van der Waals surface area contributed by atoms with E-state index in [1.807, 2.05) is 0 Å². The number of nitrogens with two attached hydrogens (primary N) is 1. The Morgan fingerprint density at radius 3 is 2.38 bits per heavy atom. The molecular weight excluding hydrogens is 596 g/mol. The van der Waals surface area contributed by atoms with Crippen LogP contribution in [0.15, 0.2) is 11.1 Å². The number of aromatic nitrogens is 4. The first kappa shape index (κ1) is 30.6. The van der Waals surface area contributed by atoms with E-state index in [9.17, 15) is 54.0 Å². The number of aliphatic hydroxyl groups excluding tert-OH is 5. The molecule has 11 atom stereocenters. The molecule has 24 heteroatoms. The number of ether oxygens (including phenoxy) is 2. The topological polar surface area (TPSA) is 349 Å². The number of carbonyl (C=O) groups is 1. The molecule has 0 aromatic carbocycles. The highest BCUT2D eigenvalue weighted by molar-refractivity contribution is 7.61. The number of aliphatic hydroxyl groups is 5. The molecule has 2 aromatic rings. The molecule has 0 radical (unpaired) electrons. The van der Waals surface area contributed by atoms with E-state index in [1.165, 1.54) is 0 Å². The molecule has 40 heavy (non-hydrogen) atoms.